The number of hydrogen-bond donors (Lipinski definition) is 2. The predicted molar refractivity (Wildman–Crippen MR) is 130 cm³/mol. The molecule has 0 radical (unpaired) electrons. The minimum Gasteiger partial charge on any atom is -0.497 e. The maximum Gasteiger partial charge on any atom is 0.280 e. The van der Waals surface area contributed by atoms with Gasteiger partial charge in [-0.15, -0.1) is 0 Å². The number of nitrogens with zero attached hydrogens (tertiary/aromatic N) is 1. The number of methoxy groups -OCH3 is 3. The second kappa shape index (κ2) is 10.6. The lowest BCUT2D eigenvalue weighted by Crippen LogP contribution is -2.29. The molecular weight excluding hydrogens is 458 g/mol. The fourth-order valence-electron chi connectivity index (χ4n) is 3.09. The van der Waals surface area contributed by atoms with Gasteiger partial charge in [0.15, 0.2) is 22.4 Å². The Bertz CT molecular complexity index is 1200. The lowest BCUT2D eigenvalue weighted by Gasteiger charge is -2.12. The van der Waals surface area contributed by atoms with Gasteiger partial charge in [-0.25, -0.2) is 0 Å². The van der Waals surface area contributed by atoms with Gasteiger partial charge in [0.05, 0.1) is 26.9 Å². The van der Waals surface area contributed by atoms with E-state index in [4.69, 9.17) is 26.4 Å². The van der Waals surface area contributed by atoms with Crippen LogP contribution >= 0.6 is 12.2 Å². The van der Waals surface area contributed by atoms with E-state index in [1.807, 2.05) is 0 Å². The van der Waals surface area contributed by atoms with Crippen LogP contribution in [0.4, 0.5) is 5.69 Å². The highest BCUT2D eigenvalue weighted by molar-refractivity contribution is 7.80. The minimum absolute atomic E-state index is 0.0349. The molecule has 1 saturated heterocycles. The normalized spacial score (nSPS) is 14.6. The highest BCUT2D eigenvalue weighted by Crippen LogP contribution is 2.29. The van der Waals surface area contributed by atoms with E-state index in [9.17, 15) is 14.4 Å². The first-order valence-electron chi connectivity index (χ1n) is 10.0. The molecule has 0 saturated carbocycles. The second-order valence-corrected chi connectivity index (χ2v) is 7.45. The summed E-state index contributed by atoms with van der Waals surface area (Å²) in [4.78, 5) is 38.9. The largest absolute Gasteiger partial charge is 0.497 e. The molecule has 2 N–H and O–H groups in total. The molecule has 0 unspecified atom stereocenters. The third kappa shape index (κ3) is 5.41. The van der Waals surface area contributed by atoms with Gasteiger partial charge in [0, 0.05) is 11.9 Å². The van der Waals surface area contributed by atoms with Gasteiger partial charge < -0.3 is 24.8 Å². The molecule has 176 valence electrons. The molecule has 2 aromatic rings. The van der Waals surface area contributed by atoms with Gasteiger partial charge >= 0.3 is 0 Å². The zero-order valence-corrected chi connectivity index (χ0v) is 19.8. The van der Waals surface area contributed by atoms with Crippen molar-refractivity contribution in [2.24, 2.45) is 0 Å². The monoisotopic (exact) mass is 481 g/mol. The molecule has 0 aromatic heterocycles. The Hall–Kier alpha value is -4.18. The number of ketones is 1. The average molecular weight is 482 g/mol. The van der Waals surface area contributed by atoms with Crippen molar-refractivity contribution < 1.29 is 28.6 Å². The summed E-state index contributed by atoms with van der Waals surface area (Å²) in [5, 5.41) is 5.47. The Morgan fingerprint density at radius 1 is 1.00 bits per heavy atom. The number of nitrogens with one attached hydrogen (secondary N) is 2. The van der Waals surface area contributed by atoms with Gasteiger partial charge in [0.2, 0.25) is 0 Å². The van der Waals surface area contributed by atoms with E-state index in [1.165, 1.54) is 28.3 Å². The summed E-state index contributed by atoms with van der Waals surface area (Å²) in [6.07, 6.45) is 2.71. The van der Waals surface area contributed by atoms with Crippen LogP contribution in [0.5, 0.6) is 17.2 Å². The molecule has 1 aliphatic heterocycles. The molecule has 0 aliphatic carbocycles. The van der Waals surface area contributed by atoms with E-state index in [1.54, 1.807) is 48.5 Å². The first kappa shape index (κ1) is 24.5. The van der Waals surface area contributed by atoms with Crippen LogP contribution in [0, 0.1) is 0 Å². The zero-order valence-electron chi connectivity index (χ0n) is 19.0. The lowest BCUT2D eigenvalue weighted by atomic mass is 10.1. The Morgan fingerprint density at radius 3 is 2.26 bits per heavy atom. The first-order chi connectivity index (χ1) is 16.3. The molecule has 2 amide bonds. The van der Waals surface area contributed by atoms with Crippen molar-refractivity contribution in [3.8, 4) is 17.2 Å². The van der Waals surface area contributed by atoms with Crippen molar-refractivity contribution in [2.45, 2.75) is 6.92 Å². The van der Waals surface area contributed by atoms with Gasteiger partial charge in [0.1, 0.15) is 11.4 Å². The highest BCUT2D eigenvalue weighted by Gasteiger charge is 2.31. The van der Waals surface area contributed by atoms with Crippen LogP contribution in [-0.4, -0.2) is 48.9 Å². The van der Waals surface area contributed by atoms with Crippen molar-refractivity contribution in [1.29, 1.82) is 0 Å². The van der Waals surface area contributed by atoms with Crippen molar-refractivity contribution in [3.63, 3.8) is 0 Å². The molecule has 0 bridgehead atoms. The molecule has 2 aromatic carbocycles. The summed E-state index contributed by atoms with van der Waals surface area (Å²) < 4.78 is 15.6. The summed E-state index contributed by atoms with van der Waals surface area (Å²) in [6, 6.07) is 11.7. The molecule has 0 atom stereocenters. The summed E-state index contributed by atoms with van der Waals surface area (Å²) in [7, 11) is 4.57. The quantitative estimate of drug-likeness (QED) is 0.257. The Labute approximate surface area is 202 Å². The van der Waals surface area contributed by atoms with Crippen molar-refractivity contribution in [1.82, 2.24) is 10.2 Å². The van der Waals surface area contributed by atoms with Gasteiger partial charge in [-0.1, -0.05) is 6.07 Å². The van der Waals surface area contributed by atoms with Gasteiger partial charge in [-0.05, 0) is 67.2 Å². The zero-order chi connectivity index (χ0) is 24.8. The number of rotatable bonds is 8. The van der Waals surface area contributed by atoms with Crippen LogP contribution in [0.25, 0.3) is 6.08 Å². The third-order valence-electron chi connectivity index (χ3n) is 4.86. The van der Waals surface area contributed by atoms with Gasteiger partial charge in [-0.2, -0.15) is 0 Å². The van der Waals surface area contributed by atoms with Crippen LogP contribution < -0.4 is 24.8 Å². The molecule has 1 aliphatic rings. The van der Waals surface area contributed by atoms with Crippen LogP contribution in [0.1, 0.15) is 12.5 Å². The number of carbonyl (C=O) groups excluding carboxylic acids is 3. The number of carbonyl (C=O) groups is 3. The van der Waals surface area contributed by atoms with Crippen LogP contribution in [-0.2, 0) is 14.4 Å². The molecule has 9 nitrogen and oxygen atoms in total. The van der Waals surface area contributed by atoms with E-state index in [0.29, 0.717) is 28.5 Å². The maximum atomic E-state index is 13.0. The lowest BCUT2D eigenvalue weighted by molar-refractivity contribution is -0.120. The smallest absolute Gasteiger partial charge is 0.280 e. The van der Waals surface area contributed by atoms with E-state index in [2.05, 4.69) is 10.6 Å². The predicted octanol–water partition coefficient (Wildman–Crippen LogP) is 2.88. The fourth-order valence-corrected chi connectivity index (χ4v) is 3.33. The summed E-state index contributed by atoms with van der Waals surface area (Å²) in [5.74, 6) is -0.0615. The van der Waals surface area contributed by atoms with Gasteiger partial charge in [-0.3, -0.25) is 19.3 Å². The third-order valence-corrected chi connectivity index (χ3v) is 5.16. The van der Waals surface area contributed by atoms with E-state index >= 15 is 0 Å². The van der Waals surface area contributed by atoms with Crippen molar-refractivity contribution >= 4 is 46.7 Å². The van der Waals surface area contributed by atoms with Crippen LogP contribution in [0.3, 0.4) is 0 Å². The highest BCUT2D eigenvalue weighted by atomic mass is 32.1. The molecule has 1 fully saturated rings. The Balaban J connectivity index is 1.84. The summed E-state index contributed by atoms with van der Waals surface area (Å²) in [6.45, 7) is 1.23. The van der Waals surface area contributed by atoms with Crippen LogP contribution in [0.15, 0.2) is 59.9 Å². The van der Waals surface area contributed by atoms with Crippen molar-refractivity contribution in [3.05, 3.63) is 65.5 Å². The van der Waals surface area contributed by atoms with E-state index in [0.717, 1.165) is 11.1 Å². The summed E-state index contributed by atoms with van der Waals surface area (Å²) >= 11 is 5.25. The van der Waals surface area contributed by atoms with Gasteiger partial charge in [0.25, 0.3) is 11.8 Å². The average Bonchev–Trinajstić information content (AvgIpc) is 3.09. The summed E-state index contributed by atoms with van der Waals surface area (Å²) in [5.41, 5.74) is 1.05. The number of anilines is 1. The van der Waals surface area contributed by atoms with E-state index in [-0.39, 0.29) is 16.4 Å². The van der Waals surface area contributed by atoms with E-state index < -0.39 is 17.6 Å². The molecular formula is C24H23N3O6S. The number of amides is 2. The SMILES string of the molecule is COc1ccc(NC(=O)/C(=C\N2C(=O)/C(=C\c3ccc(OC)c(OC)c3)NC2=S)C(C)=O)cc1. The van der Waals surface area contributed by atoms with Crippen LogP contribution in [0.2, 0.25) is 0 Å². The Kier molecular flexibility index (Phi) is 7.64. The first-order valence-corrected chi connectivity index (χ1v) is 10.4. The maximum absolute atomic E-state index is 13.0. The number of ether oxygens (including phenoxy) is 3. The number of thiocarbonyl (C=S) groups is 1. The molecule has 34 heavy (non-hydrogen) atoms. The van der Waals surface area contributed by atoms with Crippen molar-refractivity contribution in [2.75, 3.05) is 26.6 Å². The second-order valence-electron chi connectivity index (χ2n) is 7.06. The Morgan fingerprint density at radius 2 is 1.68 bits per heavy atom. The number of Topliss-reactive ketones (excluding diaryl/α,β-unsaturated/α-hetero) is 1. The minimum atomic E-state index is -0.675. The number of benzene rings is 2. The topological polar surface area (TPSA) is 106 Å². The molecule has 10 heteroatoms. The molecule has 3 rings (SSSR count). The number of hydrogen-bond acceptors (Lipinski definition) is 7. The standard InChI is InChI=1S/C24H23N3O6S/c1-14(28)18(22(29)25-16-6-8-17(31-2)9-7-16)13-27-23(30)19(26-24(27)34)11-15-5-10-20(32-3)21(12-15)33-4/h5-13H,1-4H3,(H,25,29)(H,26,34)/b18-13-,19-11+. The molecule has 0 spiro atoms. The molecule has 1 heterocycles. The fraction of sp³-hybridized carbons (Fsp3) is 0.167.